The predicted molar refractivity (Wildman–Crippen MR) is 65.2 cm³/mol. The van der Waals surface area contributed by atoms with Gasteiger partial charge in [-0.1, -0.05) is 27.7 Å². The van der Waals surface area contributed by atoms with E-state index in [1.165, 1.54) is 0 Å². The third-order valence-electron chi connectivity index (χ3n) is 2.99. The molecule has 1 atom stereocenters. The van der Waals surface area contributed by atoms with E-state index in [-0.39, 0.29) is 11.3 Å². The Morgan fingerprint density at radius 3 is 2.27 bits per heavy atom. The first kappa shape index (κ1) is 14.4. The molecule has 3 nitrogen and oxygen atoms in total. The molecule has 3 heteroatoms. The quantitative estimate of drug-likeness (QED) is 0.389. The molecule has 0 aromatic heterocycles. The fraction of sp³-hybridized carbons (Fsp3) is 0.917. The summed E-state index contributed by atoms with van der Waals surface area (Å²) in [6.45, 7) is 11.2. The Hall–Kier alpha value is -0.570. The topological polar surface area (TPSA) is 59.1 Å². The maximum Gasteiger partial charge on any atom is 0.0963 e. The molecule has 15 heavy (non-hydrogen) atoms. The van der Waals surface area contributed by atoms with E-state index in [4.69, 9.17) is 15.9 Å². The summed E-state index contributed by atoms with van der Waals surface area (Å²) in [4.78, 5) is 0. The monoisotopic (exact) mass is 214 g/mol. The zero-order chi connectivity index (χ0) is 12.1. The summed E-state index contributed by atoms with van der Waals surface area (Å²) in [5.74, 6) is 0.824. The lowest BCUT2D eigenvalue weighted by atomic mass is 9.87. The summed E-state index contributed by atoms with van der Waals surface area (Å²) in [7, 11) is 0. The van der Waals surface area contributed by atoms with Gasteiger partial charge in [-0.25, -0.2) is 0 Å². The van der Waals surface area contributed by atoms with Crippen molar-refractivity contribution in [1.29, 1.82) is 5.41 Å². The van der Waals surface area contributed by atoms with Crippen LogP contribution in [0.4, 0.5) is 0 Å². The van der Waals surface area contributed by atoms with E-state index in [0.29, 0.717) is 12.0 Å². The van der Waals surface area contributed by atoms with Crippen LogP contribution in [-0.2, 0) is 4.74 Å². The van der Waals surface area contributed by atoms with E-state index in [0.717, 1.165) is 19.4 Å². The van der Waals surface area contributed by atoms with Crippen LogP contribution in [-0.4, -0.2) is 18.5 Å². The van der Waals surface area contributed by atoms with Gasteiger partial charge in [-0.05, 0) is 25.7 Å². The van der Waals surface area contributed by atoms with Gasteiger partial charge in [0.05, 0.1) is 11.9 Å². The molecule has 0 bridgehead atoms. The Balaban J connectivity index is 3.68. The van der Waals surface area contributed by atoms with Gasteiger partial charge in [0.15, 0.2) is 0 Å². The molecule has 0 spiro atoms. The van der Waals surface area contributed by atoms with Crippen molar-refractivity contribution in [3.63, 3.8) is 0 Å². The highest BCUT2D eigenvalue weighted by Gasteiger charge is 2.20. The third kappa shape index (κ3) is 5.78. The van der Waals surface area contributed by atoms with Crippen LogP contribution >= 0.6 is 0 Å². The van der Waals surface area contributed by atoms with E-state index in [1.807, 2.05) is 13.8 Å². The van der Waals surface area contributed by atoms with Crippen LogP contribution in [0.15, 0.2) is 0 Å². The van der Waals surface area contributed by atoms with E-state index in [2.05, 4.69) is 20.8 Å². The first-order chi connectivity index (χ1) is 6.77. The SMILES string of the molecule is CC(C)C(C)OCCCC(C)(C)C(=N)N. The molecule has 0 aromatic rings. The summed E-state index contributed by atoms with van der Waals surface area (Å²) < 4.78 is 5.67. The van der Waals surface area contributed by atoms with Crippen molar-refractivity contribution in [2.45, 2.75) is 53.6 Å². The summed E-state index contributed by atoms with van der Waals surface area (Å²) in [5.41, 5.74) is 5.31. The van der Waals surface area contributed by atoms with Crippen LogP contribution in [0.3, 0.4) is 0 Å². The molecule has 0 fully saturated rings. The molecule has 0 heterocycles. The molecule has 0 rings (SSSR count). The molecule has 90 valence electrons. The normalized spacial score (nSPS) is 14.3. The average molecular weight is 214 g/mol. The smallest absolute Gasteiger partial charge is 0.0963 e. The molecule has 0 radical (unpaired) electrons. The van der Waals surface area contributed by atoms with Crippen LogP contribution < -0.4 is 5.73 Å². The molecule has 0 aliphatic carbocycles. The second-order valence-corrected chi connectivity index (χ2v) is 5.22. The van der Waals surface area contributed by atoms with Gasteiger partial charge in [0.2, 0.25) is 0 Å². The summed E-state index contributed by atoms with van der Waals surface area (Å²) in [5, 5.41) is 7.42. The van der Waals surface area contributed by atoms with Gasteiger partial charge in [0.1, 0.15) is 0 Å². The van der Waals surface area contributed by atoms with Crippen molar-refractivity contribution in [2.24, 2.45) is 17.1 Å². The predicted octanol–water partition coefficient (Wildman–Crippen LogP) is 2.79. The molecular formula is C12H26N2O. The largest absolute Gasteiger partial charge is 0.387 e. The Bertz CT molecular complexity index is 200. The molecular weight excluding hydrogens is 188 g/mol. The standard InChI is InChI=1S/C12H26N2O/c1-9(2)10(3)15-8-6-7-12(4,5)11(13)14/h9-10H,6-8H2,1-5H3,(H3,13,14). The lowest BCUT2D eigenvalue weighted by Crippen LogP contribution is -2.31. The molecule has 0 aromatic carbocycles. The Morgan fingerprint density at radius 1 is 1.33 bits per heavy atom. The van der Waals surface area contributed by atoms with Gasteiger partial charge in [-0.2, -0.15) is 0 Å². The van der Waals surface area contributed by atoms with Crippen molar-refractivity contribution in [3.05, 3.63) is 0 Å². The van der Waals surface area contributed by atoms with Crippen molar-refractivity contribution < 1.29 is 4.74 Å². The molecule has 3 N–H and O–H groups in total. The maximum absolute atomic E-state index is 7.42. The number of hydrogen-bond acceptors (Lipinski definition) is 2. The highest BCUT2D eigenvalue weighted by atomic mass is 16.5. The van der Waals surface area contributed by atoms with Gasteiger partial charge in [0, 0.05) is 12.0 Å². The summed E-state index contributed by atoms with van der Waals surface area (Å²) in [6.07, 6.45) is 2.18. The van der Waals surface area contributed by atoms with Crippen LogP contribution in [0.1, 0.15) is 47.5 Å². The number of nitrogens with two attached hydrogens (primary N) is 1. The molecule has 0 aliphatic heterocycles. The number of rotatable bonds is 7. The molecule has 0 saturated heterocycles. The Morgan fingerprint density at radius 2 is 1.87 bits per heavy atom. The van der Waals surface area contributed by atoms with E-state index in [9.17, 15) is 0 Å². The van der Waals surface area contributed by atoms with Crippen LogP contribution in [0.25, 0.3) is 0 Å². The lowest BCUT2D eigenvalue weighted by molar-refractivity contribution is 0.0312. The van der Waals surface area contributed by atoms with Gasteiger partial charge in [0.25, 0.3) is 0 Å². The fourth-order valence-corrected chi connectivity index (χ4v) is 1.11. The zero-order valence-corrected chi connectivity index (χ0v) is 10.8. The van der Waals surface area contributed by atoms with Gasteiger partial charge in [-0.3, -0.25) is 5.41 Å². The van der Waals surface area contributed by atoms with Crippen molar-refractivity contribution >= 4 is 5.84 Å². The second-order valence-electron chi connectivity index (χ2n) is 5.22. The average Bonchev–Trinajstić information content (AvgIpc) is 2.11. The lowest BCUT2D eigenvalue weighted by Gasteiger charge is -2.23. The van der Waals surface area contributed by atoms with Crippen molar-refractivity contribution in [2.75, 3.05) is 6.61 Å². The number of ether oxygens (including phenoxy) is 1. The minimum atomic E-state index is -0.190. The minimum Gasteiger partial charge on any atom is -0.387 e. The zero-order valence-electron chi connectivity index (χ0n) is 10.8. The van der Waals surface area contributed by atoms with E-state index in [1.54, 1.807) is 0 Å². The van der Waals surface area contributed by atoms with Crippen LogP contribution in [0.2, 0.25) is 0 Å². The number of amidine groups is 1. The second kappa shape index (κ2) is 6.11. The van der Waals surface area contributed by atoms with Crippen molar-refractivity contribution in [3.8, 4) is 0 Å². The first-order valence-electron chi connectivity index (χ1n) is 5.73. The van der Waals surface area contributed by atoms with Gasteiger partial charge < -0.3 is 10.5 Å². The van der Waals surface area contributed by atoms with Crippen LogP contribution in [0.5, 0.6) is 0 Å². The molecule has 0 amide bonds. The van der Waals surface area contributed by atoms with E-state index < -0.39 is 0 Å². The third-order valence-corrected chi connectivity index (χ3v) is 2.99. The highest BCUT2D eigenvalue weighted by molar-refractivity contribution is 5.82. The van der Waals surface area contributed by atoms with Gasteiger partial charge >= 0.3 is 0 Å². The molecule has 0 aliphatic rings. The van der Waals surface area contributed by atoms with E-state index >= 15 is 0 Å². The Labute approximate surface area is 93.9 Å². The molecule has 0 saturated carbocycles. The summed E-state index contributed by atoms with van der Waals surface area (Å²) >= 11 is 0. The molecule has 1 unspecified atom stereocenters. The van der Waals surface area contributed by atoms with Crippen LogP contribution in [0, 0.1) is 16.7 Å². The Kier molecular flexibility index (Phi) is 5.88. The minimum absolute atomic E-state index is 0.190. The maximum atomic E-state index is 7.42. The van der Waals surface area contributed by atoms with Gasteiger partial charge in [-0.15, -0.1) is 0 Å². The highest BCUT2D eigenvalue weighted by Crippen LogP contribution is 2.21. The first-order valence-corrected chi connectivity index (χ1v) is 5.73. The number of hydrogen-bond donors (Lipinski definition) is 2. The fourth-order valence-electron chi connectivity index (χ4n) is 1.11. The summed E-state index contributed by atoms with van der Waals surface area (Å²) in [6, 6.07) is 0. The van der Waals surface area contributed by atoms with Crippen molar-refractivity contribution in [1.82, 2.24) is 0 Å². The number of nitrogens with one attached hydrogen (secondary N) is 1.